The predicted molar refractivity (Wildman–Crippen MR) is 114 cm³/mol. The van der Waals surface area contributed by atoms with E-state index in [1.165, 1.54) is 5.56 Å². The molecule has 0 fully saturated rings. The maximum absolute atomic E-state index is 5.92. The summed E-state index contributed by atoms with van der Waals surface area (Å²) in [5.41, 5.74) is 2.35. The highest BCUT2D eigenvalue weighted by molar-refractivity contribution is 6.30. The van der Waals surface area contributed by atoms with E-state index < -0.39 is 0 Å². The minimum absolute atomic E-state index is 0.652. The van der Waals surface area contributed by atoms with Gasteiger partial charge < -0.3 is 20.3 Å². The Bertz CT molecular complexity index is 716. The Balaban J connectivity index is 1.80. The van der Waals surface area contributed by atoms with Crippen LogP contribution in [-0.4, -0.2) is 51.7 Å². The van der Waals surface area contributed by atoms with Gasteiger partial charge >= 0.3 is 0 Å². The fourth-order valence-electron chi connectivity index (χ4n) is 2.50. The number of guanidine groups is 1. The third-order valence-electron chi connectivity index (χ3n) is 4.06. The zero-order chi connectivity index (χ0) is 19.5. The van der Waals surface area contributed by atoms with Gasteiger partial charge in [-0.3, -0.25) is 4.99 Å². The number of likely N-dealkylation sites (N-methyl/N-ethyl adjacent to an activating group) is 1. The molecule has 0 aromatic heterocycles. The third kappa shape index (κ3) is 7.89. The number of rotatable bonds is 9. The van der Waals surface area contributed by atoms with Gasteiger partial charge in [-0.05, 0) is 44.3 Å². The van der Waals surface area contributed by atoms with Crippen molar-refractivity contribution in [2.24, 2.45) is 4.99 Å². The average Bonchev–Trinajstić information content (AvgIpc) is 2.66. The smallest absolute Gasteiger partial charge is 0.191 e. The predicted octanol–water partition coefficient (Wildman–Crippen LogP) is 3.19. The molecule has 0 aliphatic heterocycles. The highest BCUT2D eigenvalue weighted by Crippen LogP contribution is 2.17. The van der Waals surface area contributed by atoms with E-state index in [1.807, 2.05) is 56.6 Å². The molecule has 0 heterocycles. The fraction of sp³-hybridized carbons (Fsp3) is 0.381. The van der Waals surface area contributed by atoms with Crippen molar-refractivity contribution in [1.29, 1.82) is 0 Å². The first-order chi connectivity index (χ1) is 13.1. The van der Waals surface area contributed by atoms with Crippen LogP contribution >= 0.6 is 11.6 Å². The summed E-state index contributed by atoms with van der Waals surface area (Å²) in [6.07, 6.45) is 0.905. The molecule has 0 atom stereocenters. The number of aliphatic imine (C=N–C) groups is 1. The minimum atomic E-state index is 0.652. The van der Waals surface area contributed by atoms with E-state index in [-0.39, 0.29) is 0 Å². The van der Waals surface area contributed by atoms with Gasteiger partial charge in [-0.25, -0.2) is 0 Å². The first-order valence-electron chi connectivity index (χ1n) is 9.13. The van der Waals surface area contributed by atoms with Crippen molar-refractivity contribution >= 4 is 17.6 Å². The molecule has 0 spiro atoms. The Hall–Kier alpha value is -2.24. The lowest BCUT2D eigenvalue weighted by Crippen LogP contribution is -2.37. The van der Waals surface area contributed by atoms with Crippen molar-refractivity contribution in [3.63, 3.8) is 0 Å². The van der Waals surface area contributed by atoms with E-state index >= 15 is 0 Å². The van der Waals surface area contributed by atoms with Crippen molar-refractivity contribution in [3.05, 3.63) is 64.7 Å². The second kappa shape index (κ2) is 11.5. The van der Waals surface area contributed by atoms with Crippen molar-refractivity contribution in [1.82, 2.24) is 15.5 Å². The molecule has 6 heteroatoms. The SMILES string of the molecule is CN=C(NCCc1ccc(Cl)cc1)NCc1ccccc1OCCN(C)C. The minimum Gasteiger partial charge on any atom is -0.492 e. The lowest BCUT2D eigenvalue weighted by molar-refractivity contribution is 0.259. The maximum Gasteiger partial charge on any atom is 0.191 e. The Morgan fingerprint density at radius 1 is 1.07 bits per heavy atom. The standard InChI is InChI=1S/C21H29ClN4O/c1-23-21(24-13-12-17-8-10-19(22)11-9-17)25-16-18-6-4-5-7-20(18)27-15-14-26(2)3/h4-11H,12-16H2,1-3H3,(H2,23,24,25). The molecule has 2 aromatic carbocycles. The topological polar surface area (TPSA) is 48.9 Å². The molecular weight excluding hydrogens is 360 g/mol. The summed E-state index contributed by atoms with van der Waals surface area (Å²) in [7, 11) is 5.85. The van der Waals surface area contributed by atoms with Crippen LogP contribution in [0.3, 0.4) is 0 Å². The number of ether oxygens (including phenoxy) is 1. The highest BCUT2D eigenvalue weighted by Gasteiger charge is 2.05. The average molecular weight is 389 g/mol. The lowest BCUT2D eigenvalue weighted by atomic mass is 10.1. The van der Waals surface area contributed by atoms with Crippen molar-refractivity contribution in [2.45, 2.75) is 13.0 Å². The van der Waals surface area contributed by atoms with Gasteiger partial charge in [0.1, 0.15) is 12.4 Å². The molecule has 0 aliphatic rings. The first-order valence-corrected chi connectivity index (χ1v) is 9.50. The molecule has 0 saturated heterocycles. The summed E-state index contributed by atoms with van der Waals surface area (Å²) in [5.74, 6) is 1.68. The molecule has 146 valence electrons. The molecule has 2 aromatic rings. The first kappa shape index (κ1) is 21.1. The van der Waals surface area contributed by atoms with Crippen molar-refractivity contribution < 1.29 is 4.74 Å². The molecular formula is C21H29ClN4O. The zero-order valence-corrected chi connectivity index (χ0v) is 17.1. The number of benzene rings is 2. The normalized spacial score (nSPS) is 11.5. The summed E-state index contributed by atoms with van der Waals surface area (Å²) in [6.45, 7) is 2.99. The summed E-state index contributed by atoms with van der Waals surface area (Å²) in [5, 5.41) is 7.45. The van der Waals surface area contributed by atoms with Crippen LogP contribution in [0.5, 0.6) is 5.75 Å². The Kier molecular flexibility index (Phi) is 8.95. The van der Waals surface area contributed by atoms with E-state index in [4.69, 9.17) is 16.3 Å². The summed E-state index contributed by atoms with van der Waals surface area (Å²) < 4.78 is 5.91. The molecule has 0 aliphatic carbocycles. The molecule has 0 bridgehead atoms. The van der Waals surface area contributed by atoms with E-state index in [2.05, 4.69) is 26.6 Å². The monoisotopic (exact) mass is 388 g/mol. The van der Waals surface area contributed by atoms with E-state index in [9.17, 15) is 0 Å². The van der Waals surface area contributed by atoms with Crippen LogP contribution in [-0.2, 0) is 13.0 Å². The molecule has 2 N–H and O–H groups in total. The van der Waals surface area contributed by atoms with Gasteiger partial charge in [-0.15, -0.1) is 0 Å². The van der Waals surface area contributed by atoms with Crippen LogP contribution in [0.4, 0.5) is 0 Å². The highest BCUT2D eigenvalue weighted by atomic mass is 35.5. The van der Waals surface area contributed by atoms with E-state index in [0.717, 1.165) is 41.8 Å². The zero-order valence-electron chi connectivity index (χ0n) is 16.3. The maximum atomic E-state index is 5.92. The number of nitrogens with one attached hydrogen (secondary N) is 2. The van der Waals surface area contributed by atoms with Crippen LogP contribution in [0.1, 0.15) is 11.1 Å². The number of nitrogens with zero attached hydrogens (tertiary/aromatic N) is 2. The van der Waals surface area contributed by atoms with E-state index in [1.54, 1.807) is 7.05 Å². The largest absolute Gasteiger partial charge is 0.492 e. The van der Waals surface area contributed by atoms with Gasteiger partial charge in [-0.2, -0.15) is 0 Å². The Morgan fingerprint density at radius 3 is 2.52 bits per heavy atom. The van der Waals surface area contributed by atoms with Gasteiger partial charge in [0.25, 0.3) is 0 Å². The van der Waals surface area contributed by atoms with E-state index in [0.29, 0.717) is 13.2 Å². The van der Waals surface area contributed by atoms with Crippen LogP contribution < -0.4 is 15.4 Å². The number of para-hydroxylation sites is 1. The van der Waals surface area contributed by atoms with Gasteiger partial charge in [0.2, 0.25) is 0 Å². The second-order valence-corrected chi connectivity index (χ2v) is 6.92. The molecule has 5 nitrogen and oxygen atoms in total. The van der Waals surface area contributed by atoms with Crippen LogP contribution in [0, 0.1) is 0 Å². The molecule has 27 heavy (non-hydrogen) atoms. The van der Waals surface area contributed by atoms with Crippen LogP contribution in [0.25, 0.3) is 0 Å². The molecule has 0 radical (unpaired) electrons. The third-order valence-corrected chi connectivity index (χ3v) is 4.31. The summed E-state index contributed by atoms with van der Waals surface area (Å²) in [4.78, 5) is 6.39. The summed E-state index contributed by atoms with van der Waals surface area (Å²) >= 11 is 5.92. The molecule has 2 rings (SSSR count). The molecule has 0 amide bonds. The van der Waals surface area contributed by atoms with Gasteiger partial charge in [0.15, 0.2) is 5.96 Å². The number of hydrogen-bond donors (Lipinski definition) is 2. The van der Waals surface area contributed by atoms with Crippen LogP contribution in [0.15, 0.2) is 53.5 Å². The molecule has 0 unspecified atom stereocenters. The van der Waals surface area contributed by atoms with Crippen molar-refractivity contribution in [2.75, 3.05) is 40.8 Å². The van der Waals surface area contributed by atoms with Crippen LogP contribution in [0.2, 0.25) is 5.02 Å². The Labute approximate surface area is 167 Å². The van der Waals surface area contributed by atoms with Gasteiger partial charge in [0, 0.05) is 37.3 Å². The van der Waals surface area contributed by atoms with Gasteiger partial charge in [0.05, 0.1) is 0 Å². The number of halogens is 1. The Morgan fingerprint density at radius 2 is 1.81 bits per heavy atom. The number of hydrogen-bond acceptors (Lipinski definition) is 3. The van der Waals surface area contributed by atoms with Gasteiger partial charge in [-0.1, -0.05) is 41.9 Å². The molecule has 0 saturated carbocycles. The summed E-state index contributed by atoms with van der Waals surface area (Å²) in [6, 6.07) is 16.0. The lowest BCUT2D eigenvalue weighted by Gasteiger charge is -2.16. The quantitative estimate of drug-likeness (QED) is 0.511. The second-order valence-electron chi connectivity index (χ2n) is 6.49. The van der Waals surface area contributed by atoms with Crippen molar-refractivity contribution in [3.8, 4) is 5.75 Å². The fourth-order valence-corrected chi connectivity index (χ4v) is 2.63.